The Morgan fingerprint density at radius 2 is 2.08 bits per heavy atom. The number of nitrogen functional groups attached to an aromatic ring is 1. The first-order valence-corrected chi connectivity index (χ1v) is 9.22. The van der Waals surface area contributed by atoms with Gasteiger partial charge in [-0.3, -0.25) is 4.79 Å². The van der Waals surface area contributed by atoms with Gasteiger partial charge in [-0.25, -0.2) is 4.98 Å². The average Bonchev–Trinajstić information content (AvgIpc) is 3.18. The highest BCUT2D eigenvalue weighted by Gasteiger charge is 2.19. The molecule has 3 heterocycles. The third-order valence-corrected chi connectivity index (χ3v) is 5.22. The summed E-state index contributed by atoms with van der Waals surface area (Å²) < 4.78 is 10.6. The number of aromatic nitrogens is 1. The number of hydrogen-bond acceptors (Lipinski definition) is 6. The standard InChI is InChI=1S/C19H19N3O3S/c1-10(2)7-11-3-5-13-16(20)17(26-19(13)22-11)18(23)21-12-4-6-14-15(8-12)25-9-24-14/h3-6,8,10H,7,9,20H2,1-2H3,(H,21,23). The van der Waals surface area contributed by atoms with Crippen molar-refractivity contribution in [3.8, 4) is 11.5 Å². The van der Waals surface area contributed by atoms with Gasteiger partial charge < -0.3 is 20.5 Å². The van der Waals surface area contributed by atoms with Crippen LogP contribution in [0.15, 0.2) is 30.3 Å². The van der Waals surface area contributed by atoms with Crippen molar-refractivity contribution in [1.29, 1.82) is 0 Å². The fraction of sp³-hybridized carbons (Fsp3) is 0.263. The summed E-state index contributed by atoms with van der Waals surface area (Å²) in [7, 11) is 0. The van der Waals surface area contributed by atoms with Crippen molar-refractivity contribution in [3.05, 3.63) is 40.9 Å². The van der Waals surface area contributed by atoms with E-state index in [1.165, 1.54) is 11.3 Å². The predicted molar refractivity (Wildman–Crippen MR) is 103 cm³/mol. The van der Waals surface area contributed by atoms with Crippen molar-refractivity contribution in [2.45, 2.75) is 20.3 Å². The minimum absolute atomic E-state index is 0.195. The first-order valence-electron chi connectivity index (χ1n) is 8.40. The Hall–Kier alpha value is -2.80. The van der Waals surface area contributed by atoms with Crippen LogP contribution in [0.2, 0.25) is 0 Å². The molecular formula is C19H19N3O3S. The molecule has 0 atom stereocenters. The second-order valence-electron chi connectivity index (χ2n) is 6.62. The quantitative estimate of drug-likeness (QED) is 0.724. The fourth-order valence-electron chi connectivity index (χ4n) is 2.90. The van der Waals surface area contributed by atoms with Crippen LogP contribution < -0.4 is 20.5 Å². The van der Waals surface area contributed by atoms with E-state index in [1.54, 1.807) is 18.2 Å². The number of fused-ring (bicyclic) bond motifs is 2. The minimum atomic E-state index is -0.255. The molecule has 1 aliphatic heterocycles. The molecule has 2 aromatic heterocycles. The summed E-state index contributed by atoms with van der Waals surface area (Å²) in [6.07, 6.45) is 0.895. The number of nitrogens with one attached hydrogen (secondary N) is 1. The summed E-state index contributed by atoms with van der Waals surface area (Å²) in [5.74, 6) is 1.55. The summed E-state index contributed by atoms with van der Waals surface area (Å²) in [5, 5.41) is 3.68. The van der Waals surface area contributed by atoms with Gasteiger partial charge in [0.15, 0.2) is 11.5 Å². The fourth-order valence-corrected chi connectivity index (χ4v) is 3.91. The highest BCUT2D eigenvalue weighted by molar-refractivity contribution is 7.21. The molecule has 1 amide bonds. The number of rotatable bonds is 4. The number of carbonyl (C=O) groups excluding carboxylic acids is 1. The maximum atomic E-state index is 12.7. The smallest absolute Gasteiger partial charge is 0.267 e. The van der Waals surface area contributed by atoms with Crippen LogP contribution in [-0.4, -0.2) is 17.7 Å². The lowest BCUT2D eigenvalue weighted by Gasteiger charge is -2.05. The lowest BCUT2D eigenvalue weighted by molar-refractivity contribution is 0.103. The number of carbonyl (C=O) groups is 1. The third-order valence-electron chi connectivity index (χ3n) is 4.11. The van der Waals surface area contributed by atoms with Crippen molar-refractivity contribution >= 4 is 38.8 Å². The van der Waals surface area contributed by atoms with Crippen LogP contribution >= 0.6 is 11.3 Å². The van der Waals surface area contributed by atoms with Crippen molar-refractivity contribution in [2.75, 3.05) is 17.8 Å². The maximum absolute atomic E-state index is 12.7. The van der Waals surface area contributed by atoms with Crippen molar-refractivity contribution in [2.24, 2.45) is 5.92 Å². The largest absolute Gasteiger partial charge is 0.454 e. The molecule has 0 radical (unpaired) electrons. The van der Waals surface area contributed by atoms with Gasteiger partial charge in [0, 0.05) is 22.8 Å². The summed E-state index contributed by atoms with van der Waals surface area (Å²) in [4.78, 5) is 18.6. The van der Waals surface area contributed by atoms with E-state index in [9.17, 15) is 4.79 Å². The Kier molecular flexibility index (Phi) is 4.16. The zero-order valence-corrected chi connectivity index (χ0v) is 15.4. The Balaban J connectivity index is 1.61. The number of nitrogens with two attached hydrogens (primary N) is 1. The molecule has 3 N–H and O–H groups in total. The Bertz CT molecular complexity index is 997. The summed E-state index contributed by atoms with van der Waals surface area (Å²) in [6, 6.07) is 9.21. The first kappa shape index (κ1) is 16.7. The van der Waals surface area contributed by atoms with Gasteiger partial charge in [0.1, 0.15) is 9.71 Å². The van der Waals surface area contributed by atoms with Crippen molar-refractivity contribution in [1.82, 2.24) is 4.98 Å². The molecule has 0 aliphatic carbocycles. The minimum Gasteiger partial charge on any atom is -0.454 e. The Morgan fingerprint density at radius 1 is 1.27 bits per heavy atom. The van der Waals surface area contributed by atoms with Crippen LogP contribution in [0.25, 0.3) is 10.2 Å². The topological polar surface area (TPSA) is 86.5 Å². The molecule has 4 rings (SSSR count). The van der Waals surface area contributed by atoms with E-state index in [0.29, 0.717) is 33.7 Å². The van der Waals surface area contributed by atoms with Crippen molar-refractivity contribution in [3.63, 3.8) is 0 Å². The number of ether oxygens (including phenoxy) is 2. The van der Waals surface area contributed by atoms with E-state index < -0.39 is 0 Å². The van der Waals surface area contributed by atoms with Crippen LogP contribution in [0.1, 0.15) is 29.2 Å². The molecule has 26 heavy (non-hydrogen) atoms. The molecule has 0 bridgehead atoms. The Labute approximate surface area is 154 Å². The van der Waals surface area contributed by atoms with E-state index in [-0.39, 0.29) is 12.7 Å². The molecular weight excluding hydrogens is 350 g/mol. The van der Waals surface area contributed by atoms with E-state index in [2.05, 4.69) is 24.1 Å². The lowest BCUT2D eigenvalue weighted by atomic mass is 10.1. The van der Waals surface area contributed by atoms with Crippen LogP contribution in [0.4, 0.5) is 11.4 Å². The van der Waals surface area contributed by atoms with Crippen LogP contribution in [-0.2, 0) is 6.42 Å². The van der Waals surface area contributed by atoms with Gasteiger partial charge in [-0.1, -0.05) is 13.8 Å². The maximum Gasteiger partial charge on any atom is 0.267 e. The third kappa shape index (κ3) is 3.06. The molecule has 0 unspecified atom stereocenters. The van der Waals surface area contributed by atoms with Gasteiger partial charge in [-0.2, -0.15) is 0 Å². The summed E-state index contributed by atoms with van der Waals surface area (Å²) in [5.41, 5.74) is 8.30. The highest BCUT2D eigenvalue weighted by atomic mass is 32.1. The summed E-state index contributed by atoms with van der Waals surface area (Å²) >= 11 is 1.31. The van der Waals surface area contributed by atoms with Gasteiger partial charge in [-0.05, 0) is 36.6 Å². The van der Waals surface area contributed by atoms with Gasteiger partial charge in [-0.15, -0.1) is 11.3 Å². The average molecular weight is 369 g/mol. The molecule has 0 saturated carbocycles. The Morgan fingerprint density at radius 3 is 2.88 bits per heavy atom. The summed E-state index contributed by atoms with van der Waals surface area (Å²) in [6.45, 7) is 4.50. The second kappa shape index (κ2) is 6.49. The molecule has 0 fully saturated rings. The van der Waals surface area contributed by atoms with Gasteiger partial charge in [0.25, 0.3) is 5.91 Å². The number of amides is 1. The van der Waals surface area contributed by atoms with E-state index >= 15 is 0 Å². The molecule has 0 saturated heterocycles. The second-order valence-corrected chi connectivity index (χ2v) is 7.62. The van der Waals surface area contributed by atoms with E-state index in [1.807, 2.05) is 12.1 Å². The number of nitrogens with zero attached hydrogens (tertiary/aromatic N) is 1. The van der Waals surface area contributed by atoms with E-state index in [0.717, 1.165) is 22.3 Å². The normalized spacial score (nSPS) is 12.7. The lowest BCUT2D eigenvalue weighted by Crippen LogP contribution is -2.11. The van der Waals surface area contributed by atoms with Gasteiger partial charge >= 0.3 is 0 Å². The molecule has 1 aliphatic rings. The molecule has 3 aromatic rings. The van der Waals surface area contributed by atoms with Gasteiger partial charge in [0.05, 0.1) is 5.69 Å². The predicted octanol–water partition coefficient (Wildman–Crippen LogP) is 4.06. The zero-order chi connectivity index (χ0) is 18.3. The van der Waals surface area contributed by atoms with E-state index in [4.69, 9.17) is 15.2 Å². The number of hydrogen-bond donors (Lipinski definition) is 2. The van der Waals surface area contributed by atoms with Crippen LogP contribution in [0, 0.1) is 5.92 Å². The van der Waals surface area contributed by atoms with Crippen LogP contribution in [0.5, 0.6) is 11.5 Å². The number of pyridine rings is 1. The highest BCUT2D eigenvalue weighted by Crippen LogP contribution is 2.36. The van der Waals surface area contributed by atoms with Gasteiger partial charge in [0.2, 0.25) is 6.79 Å². The van der Waals surface area contributed by atoms with Crippen molar-refractivity contribution < 1.29 is 14.3 Å². The molecule has 6 nitrogen and oxygen atoms in total. The van der Waals surface area contributed by atoms with Crippen LogP contribution in [0.3, 0.4) is 0 Å². The zero-order valence-electron chi connectivity index (χ0n) is 14.5. The molecule has 1 aromatic carbocycles. The molecule has 0 spiro atoms. The monoisotopic (exact) mass is 369 g/mol. The number of benzene rings is 1. The first-order chi connectivity index (χ1) is 12.5. The number of thiophene rings is 1. The molecule has 7 heteroatoms. The SMILES string of the molecule is CC(C)Cc1ccc2c(N)c(C(=O)Nc3ccc4c(c3)OCO4)sc2n1. The number of anilines is 2. The molecule has 134 valence electrons.